The first kappa shape index (κ1) is 27.9. The Morgan fingerprint density at radius 1 is 0.947 bits per heavy atom. The van der Waals surface area contributed by atoms with Crippen molar-refractivity contribution in [2.75, 3.05) is 17.6 Å². The van der Waals surface area contributed by atoms with Gasteiger partial charge >= 0.3 is 0 Å². The van der Waals surface area contributed by atoms with Gasteiger partial charge in [0.25, 0.3) is 5.91 Å². The van der Waals surface area contributed by atoms with E-state index in [1.165, 1.54) is 25.0 Å². The van der Waals surface area contributed by atoms with E-state index < -0.39 is 9.84 Å². The van der Waals surface area contributed by atoms with Crippen LogP contribution in [0.25, 0.3) is 0 Å². The number of halogens is 1. The third kappa shape index (κ3) is 7.03. The third-order valence-corrected chi connectivity index (χ3v) is 8.93. The van der Waals surface area contributed by atoms with Crippen LogP contribution in [0, 0.1) is 5.92 Å². The van der Waals surface area contributed by atoms with Crippen molar-refractivity contribution in [1.29, 1.82) is 0 Å². The fraction of sp³-hybridized carbons (Fsp3) is 0.333. The minimum absolute atomic E-state index is 0.0182. The van der Waals surface area contributed by atoms with E-state index in [2.05, 4.69) is 5.32 Å². The number of carbonyl (C=O) groups is 2. The summed E-state index contributed by atoms with van der Waals surface area (Å²) in [7, 11) is -3.27. The van der Waals surface area contributed by atoms with E-state index >= 15 is 0 Å². The van der Waals surface area contributed by atoms with Gasteiger partial charge in [-0.05, 0) is 78.9 Å². The highest BCUT2D eigenvalue weighted by atomic mass is 35.5. The van der Waals surface area contributed by atoms with Crippen molar-refractivity contribution in [3.8, 4) is 0 Å². The standard InChI is InChI=1S/C30H33ClN2O4S/c1-3-33(28(19-21-5-6-21)23-9-13-25(31)14-10-23)30(35)24-11-15-26(16-12-24)32-29(34)20-22-7-17-27(18-8-22)38(36,37)4-2/h7-18,21,28H,3-6,19-20H2,1-2H3,(H,32,34). The monoisotopic (exact) mass is 552 g/mol. The highest BCUT2D eigenvalue weighted by molar-refractivity contribution is 7.91. The Hall–Kier alpha value is -3.16. The number of benzene rings is 3. The van der Waals surface area contributed by atoms with Gasteiger partial charge in [0.2, 0.25) is 5.91 Å². The molecule has 8 heteroatoms. The molecular weight excluding hydrogens is 520 g/mol. The maximum absolute atomic E-state index is 13.5. The van der Waals surface area contributed by atoms with Gasteiger partial charge in [0.15, 0.2) is 9.84 Å². The van der Waals surface area contributed by atoms with Crippen molar-refractivity contribution in [2.24, 2.45) is 5.92 Å². The fourth-order valence-electron chi connectivity index (χ4n) is 4.54. The van der Waals surface area contributed by atoms with Crippen molar-refractivity contribution >= 4 is 38.9 Å². The van der Waals surface area contributed by atoms with Crippen LogP contribution >= 0.6 is 11.6 Å². The molecule has 1 saturated carbocycles. The van der Waals surface area contributed by atoms with Crippen LogP contribution in [0.3, 0.4) is 0 Å². The Balaban J connectivity index is 1.41. The zero-order chi connectivity index (χ0) is 27.3. The van der Waals surface area contributed by atoms with Crippen LogP contribution in [-0.4, -0.2) is 37.4 Å². The summed E-state index contributed by atoms with van der Waals surface area (Å²) in [5, 5.41) is 3.52. The molecule has 4 rings (SSSR count). The lowest BCUT2D eigenvalue weighted by Gasteiger charge is -2.32. The Bertz CT molecular complexity index is 1370. The normalized spacial score (nSPS) is 14.1. The molecule has 0 aromatic heterocycles. The van der Waals surface area contributed by atoms with Crippen LogP contribution in [-0.2, 0) is 21.1 Å². The molecule has 3 aromatic carbocycles. The quantitative estimate of drug-likeness (QED) is 0.302. The Labute approximate surface area is 229 Å². The summed E-state index contributed by atoms with van der Waals surface area (Å²) >= 11 is 6.10. The molecule has 1 N–H and O–H groups in total. The van der Waals surface area contributed by atoms with Crippen molar-refractivity contribution in [3.63, 3.8) is 0 Å². The number of hydrogen-bond acceptors (Lipinski definition) is 4. The molecule has 0 radical (unpaired) electrons. The molecule has 200 valence electrons. The molecule has 2 amide bonds. The molecule has 0 aliphatic heterocycles. The van der Waals surface area contributed by atoms with Gasteiger partial charge in [-0.1, -0.05) is 55.6 Å². The molecule has 0 bridgehead atoms. The molecule has 38 heavy (non-hydrogen) atoms. The van der Waals surface area contributed by atoms with Crippen molar-refractivity contribution < 1.29 is 18.0 Å². The van der Waals surface area contributed by atoms with E-state index in [0.717, 1.165) is 12.0 Å². The molecule has 1 atom stereocenters. The summed E-state index contributed by atoms with van der Waals surface area (Å²) in [6.45, 7) is 4.17. The first-order chi connectivity index (χ1) is 18.2. The SMILES string of the molecule is CCN(C(=O)c1ccc(NC(=O)Cc2ccc(S(=O)(=O)CC)cc2)cc1)C(CC1CC1)c1ccc(Cl)cc1. The number of carbonyl (C=O) groups excluding carboxylic acids is 2. The predicted octanol–water partition coefficient (Wildman–Crippen LogP) is 6.32. The van der Waals surface area contributed by atoms with Gasteiger partial charge in [-0.2, -0.15) is 0 Å². The smallest absolute Gasteiger partial charge is 0.254 e. The summed E-state index contributed by atoms with van der Waals surface area (Å²) in [4.78, 5) is 28.2. The average Bonchev–Trinajstić information content (AvgIpc) is 3.74. The molecular formula is C30H33ClN2O4S. The summed E-state index contributed by atoms with van der Waals surface area (Å²) in [6, 6.07) is 21.0. The van der Waals surface area contributed by atoms with Gasteiger partial charge in [-0.15, -0.1) is 0 Å². The Kier molecular flexibility index (Phi) is 8.90. The number of amides is 2. The number of sulfone groups is 1. The highest BCUT2D eigenvalue weighted by Crippen LogP contribution is 2.40. The molecule has 1 fully saturated rings. The molecule has 6 nitrogen and oxygen atoms in total. The van der Waals surface area contributed by atoms with Gasteiger partial charge in [-0.25, -0.2) is 8.42 Å². The van der Waals surface area contributed by atoms with E-state index in [-0.39, 0.29) is 34.9 Å². The van der Waals surface area contributed by atoms with Gasteiger partial charge < -0.3 is 10.2 Å². The molecule has 3 aromatic rings. The second-order valence-corrected chi connectivity index (χ2v) is 12.4. The van der Waals surface area contributed by atoms with Crippen LogP contribution in [0.5, 0.6) is 0 Å². The Morgan fingerprint density at radius 2 is 1.58 bits per heavy atom. The van der Waals surface area contributed by atoms with Gasteiger partial charge in [-0.3, -0.25) is 9.59 Å². The number of hydrogen-bond donors (Lipinski definition) is 1. The maximum atomic E-state index is 13.5. The zero-order valence-electron chi connectivity index (χ0n) is 21.7. The lowest BCUT2D eigenvalue weighted by atomic mass is 9.98. The first-order valence-corrected chi connectivity index (χ1v) is 15.0. The molecule has 1 aliphatic rings. The molecule has 1 aliphatic carbocycles. The summed E-state index contributed by atoms with van der Waals surface area (Å²) < 4.78 is 23.9. The minimum Gasteiger partial charge on any atom is -0.332 e. The lowest BCUT2D eigenvalue weighted by molar-refractivity contribution is -0.115. The molecule has 0 heterocycles. The number of rotatable bonds is 11. The van der Waals surface area contributed by atoms with E-state index in [4.69, 9.17) is 11.6 Å². The topological polar surface area (TPSA) is 83.6 Å². The van der Waals surface area contributed by atoms with E-state index in [9.17, 15) is 18.0 Å². The number of anilines is 1. The molecule has 0 spiro atoms. The second kappa shape index (κ2) is 12.1. The van der Waals surface area contributed by atoms with Crippen LogP contribution in [0.15, 0.2) is 77.7 Å². The second-order valence-electron chi connectivity index (χ2n) is 9.69. The third-order valence-electron chi connectivity index (χ3n) is 6.93. The number of nitrogens with one attached hydrogen (secondary N) is 1. The van der Waals surface area contributed by atoms with Gasteiger partial charge in [0.1, 0.15) is 0 Å². The van der Waals surface area contributed by atoms with E-state index in [0.29, 0.717) is 34.3 Å². The first-order valence-electron chi connectivity index (χ1n) is 13.0. The van der Waals surface area contributed by atoms with Gasteiger partial charge in [0, 0.05) is 22.8 Å². The zero-order valence-corrected chi connectivity index (χ0v) is 23.3. The fourth-order valence-corrected chi connectivity index (χ4v) is 5.55. The molecule has 0 saturated heterocycles. The predicted molar refractivity (Wildman–Crippen MR) is 151 cm³/mol. The molecule has 1 unspecified atom stereocenters. The Morgan fingerprint density at radius 3 is 2.13 bits per heavy atom. The van der Waals surface area contributed by atoms with E-state index in [1.54, 1.807) is 43.3 Å². The van der Waals surface area contributed by atoms with Crippen molar-refractivity contribution in [1.82, 2.24) is 4.90 Å². The van der Waals surface area contributed by atoms with Crippen LogP contribution in [0.2, 0.25) is 5.02 Å². The lowest BCUT2D eigenvalue weighted by Crippen LogP contribution is -2.35. The maximum Gasteiger partial charge on any atom is 0.254 e. The largest absolute Gasteiger partial charge is 0.332 e. The number of nitrogens with zero attached hydrogens (tertiary/aromatic N) is 1. The van der Waals surface area contributed by atoms with Crippen molar-refractivity contribution in [3.05, 3.63) is 94.5 Å². The van der Waals surface area contributed by atoms with E-state index in [1.807, 2.05) is 36.1 Å². The highest BCUT2D eigenvalue weighted by Gasteiger charge is 2.32. The minimum atomic E-state index is -3.27. The summed E-state index contributed by atoms with van der Waals surface area (Å²) in [5.41, 5.74) is 2.95. The summed E-state index contributed by atoms with van der Waals surface area (Å²) in [5.74, 6) is 0.400. The van der Waals surface area contributed by atoms with Crippen LogP contribution < -0.4 is 5.32 Å². The summed E-state index contributed by atoms with van der Waals surface area (Å²) in [6.07, 6.45) is 3.44. The average molecular weight is 553 g/mol. The van der Waals surface area contributed by atoms with Crippen LogP contribution in [0.4, 0.5) is 5.69 Å². The van der Waals surface area contributed by atoms with Crippen molar-refractivity contribution in [2.45, 2.75) is 50.5 Å². The van der Waals surface area contributed by atoms with Gasteiger partial charge in [0.05, 0.1) is 23.1 Å². The van der Waals surface area contributed by atoms with Crippen LogP contribution in [0.1, 0.15) is 60.6 Å².